The average Bonchev–Trinajstić information content (AvgIpc) is 2.84. The summed E-state index contributed by atoms with van der Waals surface area (Å²) in [5, 5.41) is 7.09. The molecule has 2 aliphatic rings. The van der Waals surface area contributed by atoms with E-state index in [2.05, 4.69) is 5.01 Å². The van der Waals surface area contributed by atoms with E-state index in [0.29, 0.717) is 29.5 Å². The molecule has 2 aliphatic heterocycles. The summed E-state index contributed by atoms with van der Waals surface area (Å²) in [6.07, 6.45) is 3.48. The van der Waals surface area contributed by atoms with Crippen LogP contribution in [0.15, 0.2) is 58.5 Å². The molecule has 31 heavy (non-hydrogen) atoms. The first-order chi connectivity index (χ1) is 15.0. The van der Waals surface area contributed by atoms with E-state index in [0.717, 1.165) is 43.5 Å². The van der Waals surface area contributed by atoms with E-state index in [1.807, 2.05) is 24.3 Å². The maximum absolute atomic E-state index is 12.9. The minimum absolute atomic E-state index is 0.248. The number of rotatable bonds is 6. The highest BCUT2D eigenvalue weighted by atomic mass is 32.2. The molecule has 0 spiro atoms. The van der Waals surface area contributed by atoms with Crippen LogP contribution in [-0.4, -0.2) is 63.3 Å². The number of methoxy groups -OCH3 is 2. The van der Waals surface area contributed by atoms with Crippen LogP contribution in [0, 0.1) is 0 Å². The van der Waals surface area contributed by atoms with Crippen molar-refractivity contribution < 1.29 is 17.9 Å². The second-order valence-corrected chi connectivity index (χ2v) is 9.77. The molecule has 0 amide bonds. The van der Waals surface area contributed by atoms with Crippen molar-refractivity contribution in [3.05, 3.63) is 54.1 Å². The average molecular weight is 444 g/mol. The van der Waals surface area contributed by atoms with E-state index in [4.69, 9.17) is 14.6 Å². The number of nitrogens with zero attached hydrogens (tertiary/aromatic N) is 3. The van der Waals surface area contributed by atoms with Gasteiger partial charge >= 0.3 is 0 Å². The Kier molecular flexibility index (Phi) is 6.48. The lowest BCUT2D eigenvalue weighted by Gasteiger charge is -2.38. The van der Waals surface area contributed by atoms with Gasteiger partial charge in [0.25, 0.3) is 0 Å². The van der Waals surface area contributed by atoms with Gasteiger partial charge in [0, 0.05) is 31.2 Å². The molecule has 1 fully saturated rings. The van der Waals surface area contributed by atoms with Crippen LogP contribution >= 0.6 is 0 Å². The van der Waals surface area contributed by atoms with Crippen molar-refractivity contribution in [1.29, 1.82) is 0 Å². The Labute approximate surface area is 184 Å². The zero-order chi connectivity index (χ0) is 21.8. The summed E-state index contributed by atoms with van der Waals surface area (Å²) in [5.74, 6) is 1.39. The van der Waals surface area contributed by atoms with Crippen molar-refractivity contribution in [2.24, 2.45) is 5.10 Å². The zero-order valence-corrected chi connectivity index (χ0v) is 18.8. The molecule has 0 atom stereocenters. The van der Waals surface area contributed by atoms with Gasteiger partial charge in [-0.1, -0.05) is 18.2 Å². The Morgan fingerprint density at radius 1 is 0.935 bits per heavy atom. The monoisotopic (exact) mass is 443 g/mol. The summed E-state index contributed by atoms with van der Waals surface area (Å²) in [5.41, 5.74) is 2.07. The summed E-state index contributed by atoms with van der Waals surface area (Å²) in [4.78, 5) is 0.361. The lowest BCUT2D eigenvalue weighted by atomic mass is 10.0. The fraction of sp³-hybridized carbons (Fsp3) is 0.435. The van der Waals surface area contributed by atoms with Crippen LogP contribution in [0.3, 0.4) is 0 Å². The highest BCUT2D eigenvalue weighted by molar-refractivity contribution is 7.89. The van der Waals surface area contributed by atoms with Gasteiger partial charge in [-0.05, 0) is 56.0 Å². The first-order valence-electron chi connectivity index (χ1n) is 10.6. The largest absolute Gasteiger partial charge is 0.493 e. The predicted octanol–water partition coefficient (Wildman–Crippen LogP) is 3.36. The van der Waals surface area contributed by atoms with Crippen LogP contribution < -0.4 is 9.47 Å². The summed E-state index contributed by atoms with van der Waals surface area (Å²) in [6, 6.07) is 14.8. The van der Waals surface area contributed by atoms with Crippen LogP contribution in [0.2, 0.25) is 0 Å². The Hall–Kier alpha value is -2.58. The van der Waals surface area contributed by atoms with Crippen LogP contribution in [0.25, 0.3) is 0 Å². The predicted molar refractivity (Wildman–Crippen MR) is 120 cm³/mol. The smallest absolute Gasteiger partial charge is 0.243 e. The number of sulfonamides is 1. The third kappa shape index (κ3) is 4.55. The first-order valence-corrected chi connectivity index (χ1v) is 12.1. The molecule has 0 saturated carbocycles. The molecule has 0 bridgehead atoms. The number of hydrogen-bond donors (Lipinski definition) is 0. The van der Waals surface area contributed by atoms with E-state index in [1.54, 1.807) is 42.8 Å². The molecule has 7 nitrogen and oxygen atoms in total. The molecule has 2 aromatic rings. The topological polar surface area (TPSA) is 71.4 Å². The molecule has 166 valence electrons. The highest BCUT2D eigenvalue weighted by Gasteiger charge is 2.32. The van der Waals surface area contributed by atoms with Gasteiger partial charge < -0.3 is 9.47 Å². The standard InChI is InChI=1S/C23H29N3O4S/c1-29-22-11-10-18(17-23(22)30-2)21-9-6-14-26(24-21)19-12-15-25(16-13-19)31(27,28)20-7-4-3-5-8-20/h3-5,7-8,10-11,17,19H,6,9,12-16H2,1-2H3. The molecule has 0 aliphatic carbocycles. The first kappa shape index (κ1) is 21.6. The third-order valence-corrected chi connectivity index (χ3v) is 7.91. The molecule has 0 radical (unpaired) electrons. The van der Waals surface area contributed by atoms with Gasteiger partial charge in [-0.3, -0.25) is 5.01 Å². The Morgan fingerprint density at radius 2 is 1.65 bits per heavy atom. The van der Waals surface area contributed by atoms with E-state index in [9.17, 15) is 8.42 Å². The SMILES string of the molecule is COc1ccc(C2=NN(C3CCN(S(=O)(=O)c4ccccc4)CC3)CCC2)cc1OC. The maximum Gasteiger partial charge on any atom is 0.243 e. The molecule has 2 aromatic carbocycles. The van der Waals surface area contributed by atoms with Crippen LogP contribution in [0.5, 0.6) is 11.5 Å². The van der Waals surface area contributed by atoms with Crippen molar-refractivity contribution in [3.63, 3.8) is 0 Å². The van der Waals surface area contributed by atoms with Gasteiger partial charge in [0.05, 0.1) is 24.8 Å². The molecular formula is C23H29N3O4S. The van der Waals surface area contributed by atoms with Gasteiger partial charge in [0.1, 0.15) is 0 Å². The van der Waals surface area contributed by atoms with Crippen molar-refractivity contribution in [2.75, 3.05) is 33.9 Å². The number of hydrazone groups is 1. The lowest BCUT2D eigenvalue weighted by Crippen LogP contribution is -2.46. The number of hydrogen-bond acceptors (Lipinski definition) is 6. The Balaban J connectivity index is 1.45. The molecular weight excluding hydrogens is 414 g/mol. The van der Waals surface area contributed by atoms with Crippen molar-refractivity contribution in [3.8, 4) is 11.5 Å². The maximum atomic E-state index is 12.9. The zero-order valence-electron chi connectivity index (χ0n) is 18.0. The van der Waals surface area contributed by atoms with Crippen molar-refractivity contribution in [2.45, 2.75) is 36.6 Å². The van der Waals surface area contributed by atoms with Crippen LogP contribution in [0.1, 0.15) is 31.2 Å². The van der Waals surface area contributed by atoms with E-state index >= 15 is 0 Å². The number of benzene rings is 2. The fourth-order valence-electron chi connectivity index (χ4n) is 4.27. The second kappa shape index (κ2) is 9.28. The molecule has 2 heterocycles. The molecule has 4 rings (SSSR count). The van der Waals surface area contributed by atoms with Crippen LogP contribution in [0.4, 0.5) is 0 Å². The van der Waals surface area contributed by atoms with Crippen LogP contribution in [-0.2, 0) is 10.0 Å². The van der Waals surface area contributed by atoms with E-state index in [-0.39, 0.29) is 6.04 Å². The summed E-state index contributed by atoms with van der Waals surface area (Å²) in [7, 11) is -0.171. The number of piperidine rings is 1. The van der Waals surface area contributed by atoms with Crippen molar-refractivity contribution in [1.82, 2.24) is 9.31 Å². The van der Waals surface area contributed by atoms with E-state index < -0.39 is 10.0 Å². The van der Waals surface area contributed by atoms with Gasteiger partial charge in [0.2, 0.25) is 10.0 Å². The molecule has 1 saturated heterocycles. The fourth-order valence-corrected chi connectivity index (χ4v) is 5.76. The molecule has 0 unspecified atom stereocenters. The molecule has 0 aromatic heterocycles. The Morgan fingerprint density at radius 3 is 2.32 bits per heavy atom. The van der Waals surface area contributed by atoms with Gasteiger partial charge in [-0.15, -0.1) is 0 Å². The van der Waals surface area contributed by atoms with Gasteiger partial charge in [0.15, 0.2) is 11.5 Å². The summed E-state index contributed by atoms with van der Waals surface area (Å²) >= 11 is 0. The minimum atomic E-state index is -3.43. The normalized spacial score (nSPS) is 18.5. The lowest BCUT2D eigenvalue weighted by molar-refractivity contribution is 0.137. The van der Waals surface area contributed by atoms with Crippen molar-refractivity contribution >= 4 is 15.7 Å². The van der Waals surface area contributed by atoms with Gasteiger partial charge in [-0.2, -0.15) is 9.41 Å². The summed E-state index contributed by atoms with van der Waals surface area (Å²) in [6.45, 7) is 1.92. The second-order valence-electron chi connectivity index (χ2n) is 7.83. The number of ether oxygens (including phenoxy) is 2. The highest BCUT2D eigenvalue weighted by Crippen LogP contribution is 2.30. The molecule has 0 N–H and O–H groups in total. The molecule has 8 heteroatoms. The Bertz CT molecular complexity index is 1030. The van der Waals surface area contributed by atoms with Gasteiger partial charge in [-0.25, -0.2) is 8.42 Å². The minimum Gasteiger partial charge on any atom is -0.493 e. The quantitative estimate of drug-likeness (QED) is 0.685. The summed E-state index contributed by atoms with van der Waals surface area (Å²) < 4.78 is 38.1. The third-order valence-electron chi connectivity index (χ3n) is 5.99. The van der Waals surface area contributed by atoms with E-state index in [1.165, 1.54) is 0 Å².